The predicted molar refractivity (Wildman–Crippen MR) is 130 cm³/mol. The lowest BCUT2D eigenvalue weighted by Crippen LogP contribution is -2.46. The second-order valence-electron chi connectivity index (χ2n) is 7.63. The van der Waals surface area contributed by atoms with Crippen LogP contribution < -0.4 is 9.47 Å². The summed E-state index contributed by atoms with van der Waals surface area (Å²) in [5.41, 5.74) is 0.692. The molecule has 1 aromatic rings. The fraction of sp³-hybridized carbons (Fsp3) is 0.522. The number of thioether (sulfide) groups is 1. The highest BCUT2D eigenvalue weighted by atomic mass is 32.2. The summed E-state index contributed by atoms with van der Waals surface area (Å²) in [5.74, 6) is -0.680. The summed E-state index contributed by atoms with van der Waals surface area (Å²) in [5, 5.41) is 18.6. The molecule has 2 atom stereocenters. The molecule has 0 saturated carbocycles. The number of hydrogen-bond acceptors (Lipinski definition) is 7. The molecular formula is C23H31NO6S2. The van der Waals surface area contributed by atoms with Gasteiger partial charge in [0.2, 0.25) is 0 Å². The van der Waals surface area contributed by atoms with Gasteiger partial charge in [0.15, 0.2) is 17.5 Å². The number of aliphatic hydroxyl groups excluding tert-OH is 1. The molecule has 1 aliphatic heterocycles. The number of carbonyl (C=O) groups excluding carboxylic acids is 1. The minimum atomic E-state index is -1.40. The van der Waals surface area contributed by atoms with Crippen LogP contribution in [0.1, 0.15) is 57.9 Å². The Labute approximate surface area is 198 Å². The Hall–Kier alpha value is -2.10. The van der Waals surface area contributed by atoms with Crippen molar-refractivity contribution in [1.82, 2.24) is 4.90 Å². The second kappa shape index (κ2) is 12.8. The Kier molecular flexibility index (Phi) is 10.5. The topological polar surface area (TPSA) is 96.3 Å². The molecule has 1 heterocycles. The maximum absolute atomic E-state index is 12.7. The molecule has 2 N–H and O–H groups in total. The van der Waals surface area contributed by atoms with Crippen molar-refractivity contribution in [3.05, 3.63) is 28.7 Å². The maximum atomic E-state index is 12.7. The van der Waals surface area contributed by atoms with Gasteiger partial charge < -0.3 is 19.7 Å². The number of hydrogen-bond donors (Lipinski definition) is 2. The van der Waals surface area contributed by atoms with Gasteiger partial charge in [0.05, 0.1) is 24.7 Å². The van der Waals surface area contributed by atoms with Crippen molar-refractivity contribution in [2.45, 2.75) is 64.5 Å². The first-order chi connectivity index (χ1) is 15.3. The number of carboxylic acid groups (broad SMARTS) is 1. The first-order valence-electron chi connectivity index (χ1n) is 10.8. The molecular weight excluding hydrogens is 450 g/mol. The zero-order chi connectivity index (χ0) is 23.7. The van der Waals surface area contributed by atoms with E-state index < -0.39 is 24.5 Å². The zero-order valence-electron chi connectivity index (χ0n) is 18.7. The van der Waals surface area contributed by atoms with E-state index in [9.17, 15) is 19.8 Å². The van der Waals surface area contributed by atoms with E-state index >= 15 is 0 Å². The van der Waals surface area contributed by atoms with Gasteiger partial charge in [-0.1, -0.05) is 62.7 Å². The number of nitrogens with zero attached hydrogens (tertiary/aromatic N) is 1. The van der Waals surface area contributed by atoms with Crippen LogP contribution in [0.15, 0.2) is 23.1 Å². The lowest BCUT2D eigenvalue weighted by molar-refractivity contribution is -0.146. The first kappa shape index (κ1) is 26.2. The molecule has 7 nitrogen and oxygen atoms in total. The largest absolute Gasteiger partial charge is 0.493 e. The minimum absolute atomic E-state index is 0.0547. The fourth-order valence-corrected chi connectivity index (χ4v) is 4.71. The molecule has 1 amide bonds. The number of aliphatic hydroxyl groups is 1. The minimum Gasteiger partial charge on any atom is -0.493 e. The molecule has 2 rings (SSSR count). The fourth-order valence-electron chi connectivity index (χ4n) is 3.35. The second-order valence-corrected chi connectivity index (χ2v) is 9.31. The third kappa shape index (κ3) is 6.95. The van der Waals surface area contributed by atoms with Crippen molar-refractivity contribution in [2.24, 2.45) is 0 Å². The van der Waals surface area contributed by atoms with Gasteiger partial charge in [-0.25, -0.2) is 4.79 Å². The smallest absolute Gasteiger partial charge is 0.329 e. The van der Waals surface area contributed by atoms with E-state index in [-0.39, 0.29) is 15.3 Å². The molecule has 1 fully saturated rings. The van der Waals surface area contributed by atoms with Crippen molar-refractivity contribution < 1.29 is 29.3 Å². The SMILES string of the molecule is CCCCCCC[C@@H](C)Oc1ccc(/C=C2/SC(=S)N([C@@H](CO)C(=O)O)C2=O)cc1OC. The van der Waals surface area contributed by atoms with Crippen LogP contribution >= 0.6 is 24.0 Å². The lowest BCUT2D eigenvalue weighted by atomic mass is 10.1. The van der Waals surface area contributed by atoms with Gasteiger partial charge in [-0.15, -0.1) is 0 Å². The summed E-state index contributed by atoms with van der Waals surface area (Å²) in [6.45, 7) is 3.52. The number of thiocarbonyl (C=S) groups is 1. The van der Waals surface area contributed by atoms with Gasteiger partial charge in [-0.3, -0.25) is 9.69 Å². The van der Waals surface area contributed by atoms with Crippen LogP contribution in [0.4, 0.5) is 0 Å². The molecule has 0 spiro atoms. The van der Waals surface area contributed by atoms with Gasteiger partial charge in [0.1, 0.15) is 4.32 Å². The maximum Gasteiger partial charge on any atom is 0.329 e. The Morgan fingerprint density at radius 1 is 1.25 bits per heavy atom. The molecule has 0 aromatic heterocycles. The molecule has 9 heteroatoms. The van der Waals surface area contributed by atoms with E-state index in [0.717, 1.165) is 29.5 Å². The highest BCUT2D eigenvalue weighted by molar-refractivity contribution is 8.26. The molecule has 1 saturated heterocycles. The third-order valence-corrected chi connectivity index (χ3v) is 6.45. The molecule has 0 radical (unpaired) electrons. The van der Waals surface area contributed by atoms with Crippen LogP contribution in [0.25, 0.3) is 6.08 Å². The Balaban J connectivity index is 2.09. The lowest BCUT2D eigenvalue weighted by Gasteiger charge is -2.20. The Morgan fingerprint density at radius 2 is 1.97 bits per heavy atom. The molecule has 0 unspecified atom stereocenters. The van der Waals surface area contributed by atoms with Gasteiger partial charge >= 0.3 is 5.97 Å². The highest BCUT2D eigenvalue weighted by Crippen LogP contribution is 2.36. The monoisotopic (exact) mass is 481 g/mol. The van der Waals surface area contributed by atoms with E-state index in [1.807, 2.05) is 6.92 Å². The number of carboxylic acids is 1. The van der Waals surface area contributed by atoms with Crippen LogP contribution in [-0.4, -0.2) is 57.2 Å². The summed E-state index contributed by atoms with van der Waals surface area (Å²) in [7, 11) is 1.56. The summed E-state index contributed by atoms with van der Waals surface area (Å²) in [6, 6.07) is 3.96. The van der Waals surface area contributed by atoms with E-state index in [4.69, 9.17) is 21.7 Å². The normalized spacial score (nSPS) is 17.0. The summed E-state index contributed by atoms with van der Waals surface area (Å²) >= 11 is 6.16. The van der Waals surface area contributed by atoms with E-state index in [2.05, 4.69) is 6.92 Å². The van der Waals surface area contributed by atoms with Crippen LogP contribution in [-0.2, 0) is 9.59 Å². The van der Waals surface area contributed by atoms with E-state index in [1.54, 1.807) is 31.4 Å². The summed E-state index contributed by atoms with van der Waals surface area (Å²) < 4.78 is 11.6. The number of ether oxygens (including phenoxy) is 2. The van der Waals surface area contributed by atoms with Crippen molar-refractivity contribution in [3.8, 4) is 11.5 Å². The Bertz CT molecular complexity index is 857. The number of amides is 1. The average Bonchev–Trinajstić information content (AvgIpc) is 3.02. The molecule has 1 aliphatic rings. The summed E-state index contributed by atoms with van der Waals surface area (Å²) in [6.07, 6.45) is 8.70. The molecule has 32 heavy (non-hydrogen) atoms. The predicted octanol–water partition coefficient (Wildman–Crippen LogP) is 4.47. The Morgan fingerprint density at radius 3 is 2.59 bits per heavy atom. The quantitative estimate of drug-likeness (QED) is 0.242. The molecule has 0 aliphatic carbocycles. The highest BCUT2D eigenvalue weighted by Gasteiger charge is 2.40. The van der Waals surface area contributed by atoms with E-state index in [0.29, 0.717) is 17.1 Å². The first-order valence-corrected chi connectivity index (χ1v) is 12.0. The molecule has 1 aromatic carbocycles. The number of unbranched alkanes of at least 4 members (excludes halogenated alkanes) is 4. The number of benzene rings is 1. The van der Waals surface area contributed by atoms with Crippen LogP contribution in [0, 0.1) is 0 Å². The van der Waals surface area contributed by atoms with Crippen molar-refractivity contribution in [2.75, 3.05) is 13.7 Å². The third-order valence-electron chi connectivity index (χ3n) is 5.12. The van der Waals surface area contributed by atoms with Crippen LogP contribution in [0.5, 0.6) is 11.5 Å². The molecule has 0 bridgehead atoms. The van der Waals surface area contributed by atoms with Crippen molar-refractivity contribution in [1.29, 1.82) is 0 Å². The van der Waals surface area contributed by atoms with Crippen LogP contribution in [0.2, 0.25) is 0 Å². The van der Waals surface area contributed by atoms with Gasteiger partial charge in [0.25, 0.3) is 5.91 Å². The molecule has 176 valence electrons. The van der Waals surface area contributed by atoms with Gasteiger partial charge in [0, 0.05) is 0 Å². The van der Waals surface area contributed by atoms with E-state index in [1.165, 1.54) is 25.7 Å². The van der Waals surface area contributed by atoms with Crippen molar-refractivity contribution in [3.63, 3.8) is 0 Å². The zero-order valence-corrected chi connectivity index (χ0v) is 20.3. The van der Waals surface area contributed by atoms with Gasteiger partial charge in [-0.2, -0.15) is 0 Å². The number of carbonyl (C=O) groups is 2. The number of aliphatic carboxylic acids is 1. The average molecular weight is 482 g/mol. The number of rotatable bonds is 13. The number of methoxy groups -OCH3 is 1. The van der Waals surface area contributed by atoms with Gasteiger partial charge in [-0.05, 0) is 43.5 Å². The van der Waals surface area contributed by atoms with Crippen molar-refractivity contribution >= 4 is 46.3 Å². The standard InChI is InChI=1S/C23H31NO6S2/c1-4-5-6-7-8-9-15(2)30-18-11-10-16(12-19(18)29-3)13-20-21(26)24(23(31)32-20)17(14-25)22(27)28/h10-13,15,17,25H,4-9,14H2,1-3H3,(H,27,28)/b20-13+/t15-,17+/m1/s1. The van der Waals surface area contributed by atoms with Crippen LogP contribution in [0.3, 0.4) is 0 Å². The summed E-state index contributed by atoms with van der Waals surface area (Å²) in [4.78, 5) is 25.2.